The van der Waals surface area contributed by atoms with E-state index in [0.717, 1.165) is 22.8 Å². The molecule has 5 nitrogen and oxygen atoms in total. The van der Waals surface area contributed by atoms with Gasteiger partial charge in [-0.25, -0.2) is 0 Å². The van der Waals surface area contributed by atoms with Gasteiger partial charge in [0, 0.05) is 23.5 Å². The molecule has 168 valence electrons. The van der Waals surface area contributed by atoms with E-state index in [4.69, 9.17) is 16.3 Å². The third-order valence-corrected chi connectivity index (χ3v) is 5.55. The third kappa shape index (κ3) is 6.01. The fourth-order valence-electron chi connectivity index (χ4n) is 3.62. The average molecular weight is 453 g/mol. The molecule has 0 spiro atoms. The SMILES string of the molecule is CCCNC(=O)C(CC)N(Cc1ccc(Cl)cc1)C(=O)COc1cccc2ccccc12. The molecule has 0 bridgehead atoms. The van der Waals surface area contributed by atoms with Gasteiger partial charge < -0.3 is 15.0 Å². The minimum absolute atomic E-state index is 0.151. The normalized spacial score (nSPS) is 11.7. The second-order valence-electron chi connectivity index (χ2n) is 7.63. The number of fused-ring (bicyclic) bond motifs is 1. The maximum absolute atomic E-state index is 13.3. The first-order valence-electron chi connectivity index (χ1n) is 11.0. The summed E-state index contributed by atoms with van der Waals surface area (Å²) in [6, 6.07) is 20.3. The van der Waals surface area contributed by atoms with Gasteiger partial charge in [-0.15, -0.1) is 0 Å². The molecule has 0 fully saturated rings. The van der Waals surface area contributed by atoms with Crippen LogP contribution in [0.25, 0.3) is 10.8 Å². The van der Waals surface area contributed by atoms with Crippen molar-refractivity contribution in [1.82, 2.24) is 10.2 Å². The summed E-state index contributed by atoms with van der Waals surface area (Å²) in [6.07, 6.45) is 1.33. The molecule has 1 N–H and O–H groups in total. The van der Waals surface area contributed by atoms with E-state index in [-0.39, 0.29) is 18.4 Å². The summed E-state index contributed by atoms with van der Waals surface area (Å²) >= 11 is 6.01. The molecule has 2 amide bonds. The molecule has 0 saturated heterocycles. The van der Waals surface area contributed by atoms with E-state index in [9.17, 15) is 9.59 Å². The van der Waals surface area contributed by atoms with Crippen LogP contribution in [0.3, 0.4) is 0 Å². The van der Waals surface area contributed by atoms with Crippen molar-refractivity contribution in [3.63, 3.8) is 0 Å². The second-order valence-corrected chi connectivity index (χ2v) is 8.07. The smallest absolute Gasteiger partial charge is 0.261 e. The zero-order valence-corrected chi connectivity index (χ0v) is 19.3. The number of carbonyl (C=O) groups excluding carboxylic acids is 2. The highest BCUT2D eigenvalue weighted by Crippen LogP contribution is 2.25. The minimum Gasteiger partial charge on any atom is -0.483 e. The molecule has 0 saturated carbocycles. The molecule has 1 unspecified atom stereocenters. The third-order valence-electron chi connectivity index (χ3n) is 5.30. The van der Waals surface area contributed by atoms with Crippen molar-refractivity contribution in [3.8, 4) is 5.75 Å². The molecule has 0 aliphatic carbocycles. The van der Waals surface area contributed by atoms with Gasteiger partial charge in [0.05, 0.1) is 0 Å². The van der Waals surface area contributed by atoms with E-state index >= 15 is 0 Å². The average Bonchev–Trinajstić information content (AvgIpc) is 2.82. The predicted molar refractivity (Wildman–Crippen MR) is 129 cm³/mol. The molecule has 0 aliphatic heterocycles. The molecule has 0 aromatic heterocycles. The van der Waals surface area contributed by atoms with Crippen LogP contribution in [-0.2, 0) is 16.1 Å². The van der Waals surface area contributed by atoms with Crippen molar-refractivity contribution < 1.29 is 14.3 Å². The Bertz CT molecular complexity index is 1050. The highest BCUT2D eigenvalue weighted by atomic mass is 35.5. The Kier molecular flexibility index (Phi) is 8.51. The number of carbonyl (C=O) groups is 2. The Morgan fingerprint density at radius 1 is 1.00 bits per heavy atom. The van der Waals surface area contributed by atoms with Gasteiger partial charge in [-0.05, 0) is 42.0 Å². The minimum atomic E-state index is -0.583. The standard InChI is InChI=1S/C26H29ClN2O3/c1-3-16-28-26(31)23(4-2)29(17-19-12-14-21(27)15-13-19)25(30)18-32-24-11-7-9-20-8-5-6-10-22(20)24/h5-15,23H,3-4,16-18H2,1-2H3,(H,28,31). The maximum atomic E-state index is 13.3. The van der Waals surface area contributed by atoms with Gasteiger partial charge >= 0.3 is 0 Å². The zero-order chi connectivity index (χ0) is 22.9. The number of amides is 2. The van der Waals surface area contributed by atoms with E-state index in [2.05, 4.69) is 5.32 Å². The highest BCUT2D eigenvalue weighted by molar-refractivity contribution is 6.30. The first-order chi connectivity index (χ1) is 15.5. The molecule has 0 aliphatic rings. The van der Waals surface area contributed by atoms with Gasteiger partial charge in [0.25, 0.3) is 5.91 Å². The Morgan fingerprint density at radius 3 is 2.44 bits per heavy atom. The number of ether oxygens (including phenoxy) is 1. The van der Waals surface area contributed by atoms with Gasteiger partial charge in [-0.3, -0.25) is 9.59 Å². The highest BCUT2D eigenvalue weighted by Gasteiger charge is 2.28. The Hall–Kier alpha value is -3.05. The Balaban J connectivity index is 1.81. The molecule has 3 aromatic carbocycles. The van der Waals surface area contributed by atoms with Gasteiger partial charge in [-0.1, -0.05) is 74.0 Å². The first-order valence-corrected chi connectivity index (χ1v) is 11.3. The molecular formula is C26H29ClN2O3. The maximum Gasteiger partial charge on any atom is 0.261 e. The van der Waals surface area contributed by atoms with Crippen molar-refractivity contribution in [2.75, 3.05) is 13.2 Å². The van der Waals surface area contributed by atoms with Crippen LogP contribution in [0.2, 0.25) is 5.02 Å². The second kappa shape index (κ2) is 11.5. The monoisotopic (exact) mass is 452 g/mol. The molecule has 3 rings (SSSR count). The summed E-state index contributed by atoms with van der Waals surface area (Å²) in [4.78, 5) is 27.7. The molecular weight excluding hydrogens is 424 g/mol. The largest absolute Gasteiger partial charge is 0.483 e. The summed E-state index contributed by atoms with van der Waals surface area (Å²) in [7, 11) is 0. The van der Waals surface area contributed by atoms with Crippen molar-refractivity contribution in [2.45, 2.75) is 39.3 Å². The summed E-state index contributed by atoms with van der Waals surface area (Å²) < 4.78 is 5.93. The van der Waals surface area contributed by atoms with Crippen LogP contribution in [-0.4, -0.2) is 35.9 Å². The van der Waals surface area contributed by atoms with Crippen LogP contribution in [0.4, 0.5) is 0 Å². The molecule has 32 heavy (non-hydrogen) atoms. The summed E-state index contributed by atoms with van der Waals surface area (Å²) in [6.45, 7) is 4.62. The zero-order valence-electron chi connectivity index (χ0n) is 18.5. The molecule has 6 heteroatoms. The number of nitrogens with one attached hydrogen (secondary N) is 1. The van der Waals surface area contributed by atoms with Gasteiger partial charge in [-0.2, -0.15) is 0 Å². The van der Waals surface area contributed by atoms with Crippen molar-refractivity contribution in [2.24, 2.45) is 0 Å². The van der Waals surface area contributed by atoms with Gasteiger partial charge in [0.1, 0.15) is 11.8 Å². The molecule has 3 aromatic rings. The van der Waals surface area contributed by atoms with E-state index < -0.39 is 6.04 Å². The van der Waals surface area contributed by atoms with Crippen LogP contribution in [0.5, 0.6) is 5.75 Å². The Morgan fingerprint density at radius 2 is 1.72 bits per heavy atom. The van der Waals surface area contributed by atoms with Crippen LogP contribution in [0.1, 0.15) is 32.3 Å². The van der Waals surface area contributed by atoms with Crippen molar-refractivity contribution in [3.05, 3.63) is 77.3 Å². The lowest BCUT2D eigenvalue weighted by Gasteiger charge is -2.30. The Labute approximate surface area is 194 Å². The molecule has 0 heterocycles. The lowest BCUT2D eigenvalue weighted by atomic mass is 10.1. The molecule has 0 radical (unpaired) electrons. The fraction of sp³-hybridized carbons (Fsp3) is 0.308. The number of halogens is 1. The number of hydrogen-bond acceptors (Lipinski definition) is 3. The van der Waals surface area contributed by atoms with Crippen LogP contribution in [0, 0.1) is 0 Å². The van der Waals surface area contributed by atoms with E-state index in [1.807, 2.05) is 68.4 Å². The first kappa shape index (κ1) is 23.6. The molecule has 1 atom stereocenters. The summed E-state index contributed by atoms with van der Waals surface area (Å²) in [5.41, 5.74) is 0.898. The van der Waals surface area contributed by atoms with Crippen LogP contribution < -0.4 is 10.1 Å². The van der Waals surface area contributed by atoms with E-state index in [0.29, 0.717) is 30.3 Å². The topological polar surface area (TPSA) is 58.6 Å². The number of rotatable bonds is 10. The summed E-state index contributed by atoms with van der Waals surface area (Å²) in [5.74, 6) is 0.250. The number of hydrogen-bond donors (Lipinski definition) is 1. The van der Waals surface area contributed by atoms with E-state index in [1.54, 1.807) is 17.0 Å². The number of nitrogens with zero attached hydrogens (tertiary/aromatic N) is 1. The van der Waals surface area contributed by atoms with Gasteiger partial charge in [0.15, 0.2) is 6.61 Å². The number of benzene rings is 3. The summed E-state index contributed by atoms with van der Waals surface area (Å²) in [5, 5.41) is 5.53. The lowest BCUT2D eigenvalue weighted by Crippen LogP contribution is -2.50. The van der Waals surface area contributed by atoms with Crippen LogP contribution >= 0.6 is 11.6 Å². The quantitative estimate of drug-likeness (QED) is 0.459. The van der Waals surface area contributed by atoms with Gasteiger partial charge in [0.2, 0.25) is 5.91 Å². The van der Waals surface area contributed by atoms with Crippen molar-refractivity contribution in [1.29, 1.82) is 0 Å². The fourth-order valence-corrected chi connectivity index (χ4v) is 3.74. The van der Waals surface area contributed by atoms with Crippen LogP contribution in [0.15, 0.2) is 66.7 Å². The van der Waals surface area contributed by atoms with E-state index in [1.165, 1.54) is 0 Å². The lowest BCUT2D eigenvalue weighted by molar-refractivity contribution is -0.142. The predicted octanol–water partition coefficient (Wildman–Crippen LogP) is 5.21. The van der Waals surface area contributed by atoms with Crippen molar-refractivity contribution >= 4 is 34.2 Å².